The summed E-state index contributed by atoms with van der Waals surface area (Å²) < 4.78 is 28.3. The molecule has 0 radical (unpaired) electrons. The fourth-order valence-corrected chi connectivity index (χ4v) is 5.32. The van der Waals surface area contributed by atoms with Crippen LogP contribution >= 0.6 is 31.9 Å². The van der Waals surface area contributed by atoms with Crippen LogP contribution in [0.15, 0.2) is 87.8 Å². The van der Waals surface area contributed by atoms with E-state index < -0.39 is 28.5 Å². The highest BCUT2D eigenvalue weighted by molar-refractivity contribution is 9.10. The topological polar surface area (TPSA) is 86.8 Å². The van der Waals surface area contributed by atoms with Crippen molar-refractivity contribution >= 4 is 59.4 Å². The number of sulfonamides is 1. The van der Waals surface area contributed by atoms with Crippen LogP contribution in [0.3, 0.4) is 0 Å². The van der Waals surface area contributed by atoms with Crippen LogP contribution < -0.4 is 9.62 Å². The van der Waals surface area contributed by atoms with E-state index >= 15 is 0 Å². The van der Waals surface area contributed by atoms with E-state index in [1.54, 1.807) is 24.3 Å². The second-order valence-corrected chi connectivity index (χ2v) is 13.0. The van der Waals surface area contributed by atoms with Gasteiger partial charge in [-0.2, -0.15) is 0 Å². The molecule has 3 aromatic carbocycles. The van der Waals surface area contributed by atoms with Crippen molar-refractivity contribution in [3.63, 3.8) is 0 Å². The third-order valence-corrected chi connectivity index (χ3v) is 7.96. The number of anilines is 1. The first-order valence-electron chi connectivity index (χ1n) is 12.1. The number of carbonyl (C=O) groups is 2. The van der Waals surface area contributed by atoms with E-state index in [0.717, 1.165) is 30.6 Å². The van der Waals surface area contributed by atoms with Crippen LogP contribution in [-0.4, -0.2) is 50.0 Å². The molecule has 0 saturated carbocycles. The van der Waals surface area contributed by atoms with Gasteiger partial charge in [0.2, 0.25) is 21.8 Å². The van der Waals surface area contributed by atoms with Crippen LogP contribution in [0.4, 0.5) is 5.69 Å². The Morgan fingerprint density at radius 1 is 0.842 bits per heavy atom. The molecule has 0 fully saturated rings. The predicted molar refractivity (Wildman–Crippen MR) is 158 cm³/mol. The average molecular weight is 665 g/mol. The van der Waals surface area contributed by atoms with Gasteiger partial charge in [0, 0.05) is 28.0 Å². The molecule has 1 atom stereocenters. The standard InChI is InChI=1S/C28H31Br2N3O4S/c1-20(2)31-28(35)26(17-21-7-5-4-6-8-21)32(18-22-9-11-23(29)12-10-22)27(34)19-33(38(3,36)37)25-15-13-24(30)14-16-25/h4-16,20,26H,17-19H2,1-3H3,(H,31,35)/t26-/m1/s1. The van der Waals surface area contributed by atoms with Crippen LogP contribution in [0, 0.1) is 0 Å². The first-order chi connectivity index (χ1) is 17.9. The molecule has 0 spiro atoms. The maximum atomic E-state index is 14.0. The summed E-state index contributed by atoms with van der Waals surface area (Å²) in [7, 11) is -3.80. The Bertz CT molecular complexity index is 1330. The molecule has 7 nitrogen and oxygen atoms in total. The Morgan fingerprint density at radius 3 is 1.92 bits per heavy atom. The molecule has 1 N–H and O–H groups in total. The molecule has 202 valence electrons. The summed E-state index contributed by atoms with van der Waals surface area (Å²) in [4.78, 5) is 28.9. The van der Waals surface area contributed by atoms with Crippen molar-refractivity contribution in [1.82, 2.24) is 10.2 Å². The number of amides is 2. The maximum Gasteiger partial charge on any atom is 0.244 e. The van der Waals surface area contributed by atoms with E-state index in [9.17, 15) is 18.0 Å². The van der Waals surface area contributed by atoms with Crippen molar-refractivity contribution in [3.05, 3.63) is 98.9 Å². The Balaban J connectivity index is 2.04. The van der Waals surface area contributed by atoms with Gasteiger partial charge in [-0.3, -0.25) is 13.9 Å². The molecule has 3 aromatic rings. The lowest BCUT2D eigenvalue weighted by Gasteiger charge is -2.34. The number of carbonyl (C=O) groups excluding carboxylic acids is 2. The minimum absolute atomic E-state index is 0.132. The minimum atomic E-state index is -3.80. The second-order valence-electron chi connectivity index (χ2n) is 9.26. The molecule has 0 saturated heterocycles. The van der Waals surface area contributed by atoms with Gasteiger partial charge in [0.1, 0.15) is 12.6 Å². The third-order valence-electron chi connectivity index (χ3n) is 5.76. The lowest BCUT2D eigenvalue weighted by Crippen LogP contribution is -2.54. The molecule has 0 unspecified atom stereocenters. The largest absolute Gasteiger partial charge is 0.352 e. The van der Waals surface area contributed by atoms with E-state index in [1.165, 1.54) is 4.90 Å². The molecule has 0 aliphatic carbocycles. The van der Waals surface area contributed by atoms with Crippen LogP contribution in [-0.2, 0) is 32.6 Å². The van der Waals surface area contributed by atoms with Crippen LogP contribution in [0.2, 0.25) is 0 Å². The van der Waals surface area contributed by atoms with Gasteiger partial charge < -0.3 is 10.2 Å². The summed E-state index contributed by atoms with van der Waals surface area (Å²) in [5, 5.41) is 2.94. The zero-order valence-corrected chi connectivity index (χ0v) is 25.5. The molecular weight excluding hydrogens is 634 g/mol. The molecule has 0 aromatic heterocycles. The number of benzene rings is 3. The van der Waals surface area contributed by atoms with Gasteiger partial charge in [0.05, 0.1) is 11.9 Å². The Labute approximate surface area is 241 Å². The van der Waals surface area contributed by atoms with E-state index in [2.05, 4.69) is 37.2 Å². The highest BCUT2D eigenvalue weighted by Gasteiger charge is 2.33. The minimum Gasteiger partial charge on any atom is -0.352 e. The number of halogens is 2. The number of hydrogen-bond donors (Lipinski definition) is 1. The third kappa shape index (κ3) is 8.68. The van der Waals surface area contributed by atoms with Crippen molar-refractivity contribution in [1.29, 1.82) is 0 Å². The van der Waals surface area contributed by atoms with Gasteiger partial charge >= 0.3 is 0 Å². The summed E-state index contributed by atoms with van der Waals surface area (Å²) in [6, 6.07) is 22.6. The average Bonchev–Trinajstić information content (AvgIpc) is 2.86. The van der Waals surface area contributed by atoms with E-state index in [4.69, 9.17) is 0 Å². The summed E-state index contributed by atoms with van der Waals surface area (Å²) in [6.45, 7) is 3.40. The van der Waals surface area contributed by atoms with Gasteiger partial charge in [-0.15, -0.1) is 0 Å². The lowest BCUT2D eigenvalue weighted by atomic mass is 10.0. The van der Waals surface area contributed by atoms with Gasteiger partial charge in [-0.05, 0) is 61.4 Å². The quantitative estimate of drug-likeness (QED) is 0.308. The fraction of sp³-hybridized carbons (Fsp3) is 0.286. The zero-order chi connectivity index (χ0) is 27.9. The van der Waals surface area contributed by atoms with Crippen molar-refractivity contribution in [2.24, 2.45) is 0 Å². The van der Waals surface area contributed by atoms with E-state index in [1.807, 2.05) is 68.4 Å². The fourth-order valence-electron chi connectivity index (χ4n) is 3.94. The molecule has 0 aliphatic heterocycles. The molecule has 2 amide bonds. The maximum absolute atomic E-state index is 14.0. The number of nitrogens with zero attached hydrogens (tertiary/aromatic N) is 2. The summed E-state index contributed by atoms with van der Waals surface area (Å²) in [6.07, 6.45) is 1.34. The Kier molecular flexibility index (Phi) is 10.5. The highest BCUT2D eigenvalue weighted by atomic mass is 79.9. The molecule has 3 rings (SSSR count). The monoisotopic (exact) mass is 663 g/mol. The lowest BCUT2D eigenvalue weighted by molar-refractivity contribution is -0.140. The second kappa shape index (κ2) is 13.4. The molecule has 0 bridgehead atoms. The SMILES string of the molecule is CC(C)NC(=O)[C@@H](Cc1ccccc1)N(Cc1ccc(Br)cc1)C(=O)CN(c1ccc(Br)cc1)S(C)(=O)=O. The van der Waals surface area contributed by atoms with Gasteiger partial charge in [-0.1, -0.05) is 74.3 Å². The Morgan fingerprint density at radius 2 is 1.39 bits per heavy atom. The van der Waals surface area contributed by atoms with Crippen molar-refractivity contribution in [3.8, 4) is 0 Å². The van der Waals surface area contributed by atoms with Crippen LogP contribution in [0.5, 0.6) is 0 Å². The summed E-state index contributed by atoms with van der Waals surface area (Å²) in [5.74, 6) is -0.787. The van der Waals surface area contributed by atoms with Gasteiger partial charge in [0.15, 0.2) is 0 Å². The number of rotatable bonds is 11. The highest BCUT2D eigenvalue weighted by Crippen LogP contribution is 2.23. The Hall–Kier alpha value is -2.69. The first-order valence-corrected chi connectivity index (χ1v) is 15.5. The normalized spacial score (nSPS) is 12.2. The van der Waals surface area contributed by atoms with E-state index in [0.29, 0.717) is 5.69 Å². The van der Waals surface area contributed by atoms with Crippen LogP contribution in [0.25, 0.3) is 0 Å². The number of hydrogen-bond acceptors (Lipinski definition) is 4. The van der Waals surface area contributed by atoms with Gasteiger partial charge in [-0.25, -0.2) is 8.42 Å². The van der Waals surface area contributed by atoms with Gasteiger partial charge in [0.25, 0.3) is 0 Å². The molecule has 0 aliphatic rings. The summed E-state index contributed by atoms with van der Waals surface area (Å²) >= 11 is 6.78. The van der Waals surface area contributed by atoms with E-state index in [-0.39, 0.29) is 24.9 Å². The molecular formula is C28H31Br2N3O4S. The van der Waals surface area contributed by atoms with Crippen LogP contribution in [0.1, 0.15) is 25.0 Å². The molecule has 38 heavy (non-hydrogen) atoms. The van der Waals surface area contributed by atoms with Crippen molar-refractivity contribution < 1.29 is 18.0 Å². The zero-order valence-electron chi connectivity index (χ0n) is 21.5. The van der Waals surface area contributed by atoms with Crippen molar-refractivity contribution in [2.45, 2.75) is 38.9 Å². The van der Waals surface area contributed by atoms with Crippen molar-refractivity contribution in [2.75, 3.05) is 17.1 Å². The number of nitrogens with one attached hydrogen (secondary N) is 1. The first kappa shape index (κ1) is 29.9. The smallest absolute Gasteiger partial charge is 0.244 e. The molecule has 10 heteroatoms. The molecule has 0 heterocycles. The predicted octanol–water partition coefficient (Wildman–Crippen LogP) is 5.14. The summed E-state index contributed by atoms with van der Waals surface area (Å²) in [5.41, 5.74) is 2.06.